The van der Waals surface area contributed by atoms with E-state index < -0.39 is 0 Å². The third-order valence-corrected chi connectivity index (χ3v) is 4.70. The Hall–Kier alpha value is -2.99. The van der Waals surface area contributed by atoms with Crippen LogP contribution in [0.15, 0.2) is 66.3 Å². The molecule has 2 heterocycles. The van der Waals surface area contributed by atoms with E-state index in [2.05, 4.69) is 15.3 Å². The van der Waals surface area contributed by atoms with Crippen LogP contribution in [0.3, 0.4) is 0 Å². The molecule has 25 heavy (non-hydrogen) atoms. The molecular weight excluding hydrogens is 337 g/mol. The van der Waals surface area contributed by atoms with Crippen molar-refractivity contribution in [3.05, 3.63) is 83.2 Å². The lowest BCUT2D eigenvalue weighted by molar-refractivity contribution is 0.471. The summed E-state index contributed by atoms with van der Waals surface area (Å²) >= 11 is 1.46. The lowest BCUT2D eigenvalue weighted by Gasteiger charge is -2.21. The molecule has 0 aliphatic rings. The van der Waals surface area contributed by atoms with Crippen molar-refractivity contribution in [1.29, 1.82) is 0 Å². The minimum absolute atomic E-state index is 0.108. The van der Waals surface area contributed by atoms with Gasteiger partial charge in [0.25, 0.3) is 0 Å². The van der Waals surface area contributed by atoms with Gasteiger partial charge in [-0.1, -0.05) is 30.3 Å². The number of hydrogen-bond acceptors (Lipinski definition) is 5. The van der Waals surface area contributed by atoms with Gasteiger partial charge < -0.3 is 10.4 Å². The highest BCUT2D eigenvalue weighted by atomic mass is 32.1. The minimum Gasteiger partial charge on any atom is -0.505 e. The van der Waals surface area contributed by atoms with Crippen LogP contribution in [-0.2, 0) is 0 Å². The second-order valence-electron chi connectivity index (χ2n) is 5.54. The molecule has 0 saturated carbocycles. The highest BCUT2D eigenvalue weighted by Gasteiger charge is 2.20. The van der Waals surface area contributed by atoms with Gasteiger partial charge in [-0.05, 0) is 23.8 Å². The fourth-order valence-electron chi connectivity index (χ4n) is 2.79. The zero-order valence-electron chi connectivity index (χ0n) is 13.1. The van der Waals surface area contributed by atoms with Gasteiger partial charge in [0, 0.05) is 28.7 Å². The molecule has 2 N–H and O–H groups in total. The number of pyridine rings is 1. The van der Waals surface area contributed by atoms with Crippen molar-refractivity contribution in [2.45, 2.75) is 6.04 Å². The molecule has 0 amide bonds. The van der Waals surface area contributed by atoms with Gasteiger partial charge in [-0.3, -0.25) is 4.98 Å². The van der Waals surface area contributed by atoms with Crippen LogP contribution in [0.2, 0.25) is 0 Å². The van der Waals surface area contributed by atoms with Crippen molar-refractivity contribution >= 4 is 27.4 Å². The Labute approximate surface area is 147 Å². The summed E-state index contributed by atoms with van der Waals surface area (Å²) < 4.78 is 13.3. The summed E-state index contributed by atoms with van der Waals surface area (Å²) in [6.07, 6.45) is 3.35. The molecule has 4 nitrogen and oxygen atoms in total. The number of nitrogens with one attached hydrogen (secondary N) is 1. The van der Waals surface area contributed by atoms with E-state index in [9.17, 15) is 9.50 Å². The third kappa shape index (κ3) is 3.04. The first-order valence-electron chi connectivity index (χ1n) is 7.70. The van der Waals surface area contributed by atoms with Crippen molar-refractivity contribution in [2.24, 2.45) is 0 Å². The zero-order chi connectivity index (χ0) is 17.2. The molecule has 4 aromatic rings. The Bertz CT molecular complexity index is 1000. The number of phenols is 1. The number of anilines is 1. The van der Waals surface area contributed by atoms with Gasteiger partial charge in [-0.25, -0.2) is 9.37 Å². The zero-order valence-corrected chi connectivity index (χ0v) is 13.9. The molecule has 1 atom stereocenters. The first-order valence-corrected chi connectivity index (χ1v) is 8.58. The molecule has 1 unspecified atom stereocenters. The first-order chi connectivity index (χ1) is 12.2. The van der Waals surface area contributed by atoms with Crippen LogP contribution in [0.5, 0.6) is 5.75 Å². The summed E-state index contributed by atoms with van der Waals surface area (Å²) in [5.41, 5.74) is 2.02. The number of aromatic hydroxyl groups is 1. The summed E-state index contributed by atoms with van der Waals surface area (Å²) in [6, 6.07) is 13.3. The molecule has 124 valence electrons. The maximum atomic E-state index is 13.3. The van der Waals surface area contributed by atoms with E-state index in [1.54, 1.807) is 24.5 Å². The molecule has 2 aromatic heterocycles. The molecule has 0 fully saturated rings. The molecule has 6 heteroatoms. The highest BCUT2D eigenvalue weighted by Crippen LogP contribution is 2.36. The Morgan fingerprint density at radius 3 is 2.60 bits per heavy atom. The minimum atomic E-state index is -0.377. The first kappa shape index (κ1) is 15.5. The van der Waals surface area contributed by atoms with Gasteiger partial charge in [0.05, 0.1) is 6.04 Å². The normalized spacial score (nSPS) is 12.2. The van der Waals surface area contributed by atoms with E-state index in [0.29, 0.717) is 11.1 Å². The van der Waals surface area contributed by atoms with E-state index in [0.717, 1.165) is 16.1 Å². The molecule has 4 rings (SSSR count). The number of rotatable bonds is 4. The summed E-state index contributed by atoms with van der Waals surface area (Å²) in [7, 11) is 0. The van der Waals surface area contributed by atoms with Gasteiger partial charge in [-0.15, -0.1) is 11.3 Å². The van der Waals surface area contributed by atoms with Crippen molar-refractivity contribution in [3.8, 4) is 5.75 Å². The standard InChI is InChI=1S/C19H14FN3OS/c20-14-6-3-13(4-7-14)16(23-19-22-10-11-25-19)15-8-5-12-2-1-9-21-17(12)18(15)24/h1-11,16,24H,(H,22,23). The number of thiazole rings is 1. The largest absolute Gasteiger partial charge is 0.505 e. The average Bonchev–Trinajstić information content (AvgIpc) is 3.15. The van der Waals surface area contributed by atoms with Crippen LogP contribution < -0.4 is 5.32 Å². The quantitative estimate of drug-likeness (QED) is 0.558. The van der Waals surface area contributed by atoms with Crippen LogP contribution in [0.25, 0.3) is 10.9 Å². The number of halogens is 1. The van der Waals surface area contributed by atoms with Crippen molar-refractivity contribution in [1.82, 2.24) is 9.97 Å². The van der Waals surface area contributed by atoms with E-state index in [-0.39, 0.29) is 17.6 Å². The molecule has 0 aliphatic heterocycles. The third-order valence-electron chi connectivity index (χ3n) is 3.99. The molecule has 0 spiro atoms. The molecule has 0 saturated heterocycles. The lowest BCUT2D eigenvalue weighted by atomic mass is 9.96. The Kier molecular flexibility index (Phi) is 4.03. The van der Waals surface area contributed by atoms with E-state index in [4.69, 9.17) is 0 Å². The molecule has 2 aromatic carbocycles. The van der Waals surface area contributed by atoms with Gasteiger partial charge in [0.2, 0.25) is 0 Å². The molecule has 0 bridgehead atoms. The van der Waals surface area contributed by atoms with Crippen LogP contribution >= 0.6 is 11.3 Å². The fraction of sp³-hybridized carbons (Fsp3) is 0.0526. The number of nitrogens with zero attached hydrogens (tertiary/aromatic N) is 2. The Morgan fingerprint density at radius 2 is 1.84 bits per heavy atom. The number of aromatic nitrogens is 2. The van der Waals surface area contributed by atoms with Crippen molar-refractivity contribution in [3.63, 3.8) is 0 Å². The van der Waals surface area contributed by atoms with Gasteiger partial charge >= 0.3 is 0 Å². The Morgan fingerprint density at radius 1 is 1.00 bits per heavy atom. The second kappa shape index (κ2) is 6.49. The number of fused-ring (bicyclic) bond motifs is 1. The average molecular weight is 351 g/mol. The molecule has 0 aliphatic carbocycles. The van der Waals surface area contributed by atoms with Gasteiger partial charge in [-0.2, -0.15) is 0 Å². The molecular formula is C19H14FN3OS. The summed E-state index contributed by atoms with van der Waals surface area (Å²) in [4.78, 5) is 8.53. The number of benzene rings is 2. The van der Waals surface area contributed by atoms with Crippen molar-refractivity contribution < 1.29 is 9.50 Å². The summed E-state index contributed by atoms with van der Waals surface area (Å²) in [6.45, 7) is 0. The van der Waals surface area contributed by atoms with Crippen molar-refractivity contribution in [2.75, 3.05) is 5.32 Å². The number of phenolic OH excluding ortho intramolecular Hbond substituents is 1. The smallest absolute Gasteiger partial charge is 0.183 e. The predicted molar refractivity (Wildman–Crippen MR) is 97.4 cm³/mol. The van der Waals surface area contributed by atoms with Gasteiger partial charge in [0.15, 0.2) is 5.13 Å². The van der Waals surface area contributed by atoms with Crippen LogP contribution in [0, 0.1) is 5.82 Å². The monoisotopic (exact) mass is 351 g/mol. The summed E-state index contributed by atoms with van der Waals surface area (Å²) in [5.74, 6) is -0.197. The second-order valence-corrected chi connectivity index (χ2v) is 6.44. The van der Waals surface area contributed by atoms with E-state index >= 15 is 0 Å². The highest BCUT2D eigenvalue weighted by molar-refractivity contribution is 7.13. The predicted octanol–water partition coefficient (Wildman–Crippen LogP) is 4.74. The van der Waals surface area contributed by atoms with Gasteiger partial charge in [0.1, 0.15) is 17.1 Å². The lowest BCUT2D eigenvalue weighted by Crippen LogP contribution is -2.12. The maximum absolute atomic E-state index is 13.3. The Balaban J connectivity index is 1.85. The SMILES string of the molecule is Oc1c(C(Nc2nccs2)c2ccc(F)cc2)ccc2cccnc12. The maximum Gasteiger partial charge on any atom is 0.183 e. The van der Waals surface area contributed by atoms with Crippen LogP contribution in [0.1, 0.15) is 17.2 Å². The fourth-order valence-corrected chi connectivity index (χ4v) is 3.35. The number of hydrogen-bond donors (Lipinski definition) is 2. The van der Waals surface area contributed by atoms with Crippen LogP contribution in [-0.4, -0.2) is 15.1 Å². The summed E-state index contributed by atoms with van der Waals surface area (Å²) in [5, 5.41) is 17.5. The van der Waals surface area contributed by atoms with E-state index in [1.807, 2.05) is 29.6 Å². The van der Waals surface area contributed by atoms with Crippen LogP contribution in [0.4, 0.5) is 9.52 Å². The topological polar surface area (TPSA) is 58.0 Å². The van der Waals surface area contributed by atoms with E-state index in [1.165, 1.54) is 23.5 Å². The molecule has 0 radical (unpaired) electrons.